The molecule has 2 aliphatic rings. The van der Waals surface area contributed by atoms with Crippen molar-refractivity contribution < 1.29 is 9.53 Å². The maximum Gasteiger partial charge on any atom is 0.138 e. The summed E-state index contributed by atoms with van der Waals surface area (Å²) >= 11 is 6.27. The predicted molar refractivity (Wildman–Crippen MR) is 75.2 cm³/mol. The highest BCUT2D eigenvalue weighted by Gasteiger charge is 2.21. The molecule has 1 heterocycles. The average Bonchev–Trinajstić information content (AvgIpc) is 2.42. The summed E-state index contributed by atoms with van der Waals surface area (Å²) in [6.07, 6.45) is 6.89. The molecule has 100 valence electrons. The first-order chi connectivity index (χ1) is 9.22. The molecule has 1 aliphatic heterocycles. The highest BCUT2D eigenvalue weighted by atomic mass is 35.5. The van der Waals surface area contributed by atoms with Crippen molar-refractivity contribution in [2.45, 2.75) is 38.3 Å². The second kappa shape index (κ2) is 5.25. The first kappa shape index (κ1) is 12.5. The fourth-order valence-corrected chi connectivity index (χ4v) is 2.77. The summed E-state index contributed by atoms with van der Waals surface area (Å²) < 4.78 is 5.96. The third-order valence-corrected chi connectivity index (χ3v) is 3.95. The van der Waals surface area contributed by atoms with Gasteiger partial charge in [-0.15, -0.1) is 0 Å². The molecule has 1 aromatic rings. The minimum atomic E-state index is 0.110. The Morgan fingerprint density at radius 3 is 2.84 bits per heavy atom. The number of rotatable bonds is 2. The lowest BCUT2D eigenvalue weighted by Crippen LogP contribution is -2.24. The number of benzene rings is 1. The van der Waals surface area contributed by atoms with Gasteiger partial charge in [0, 0.05) is 19.4 Å². The van der Waals surface area contributed by atoms with Crippen LogP contribution >= 0.6 is 11.6 Å². The third kappa shape index (κ3) is 2.76. The zero-order valence-electron chi connectivity index (χ0n) is 10.6. The first-order valence-electron chi connectivity index (χ1n) is 6.63. The molecular formula is C15H16ClNO2. The van der Waals surface area contributed by atoms with Crippen molar-refractivity contribution in [1.29, 1.82) is 0 Å². The Balaban J connectivity index is 1.78. The highest BCUT2D eigenvalue weighted by Crippen LogP contribution is 2.32. The Hall–Kier alpha value is -1.48. The van der Waals surface area contributed by atoms with Crippen LogP contribution in [-0.2, 0) is 11.3 Å². The number of ketones is 1. The van der Waals surface area contributed by atoms with Crippen molar-refractivity contribution in [3.8, 4) is 5.75 Å². The van der Waals surface area contributed by atoms with Gasteiger partial charge in [-0.25, -0.2) is 0 Å². The van der Waals surface area contributed by atoms with Crippen LogP contribution in [0.2, 0.25) is 5.02 Å². The van der Waals surface area contributed by atoms with Gasteiger partial charge in [0.15, 0.2) is 0 Å². The number of nitrogens with one attached hydrogen (secondary N) is 1. The van der Waals surface area contributed by atoms with E-state index in [1.165, 1.54) is 5.56 Å². The number of hydrogen-bond donors (Lipinski definition) is 1. The highest BCUT2D eigenvalue weighted by molar-refractivity contribution is 6.32. The van der Waals surface area contributed by atoms with Gasteiger partial charge < -0.3 is 10.1 Å². The van der Waals surface area contributed by atoms with E-state index in [2.05, 4.69) is 5.32 Å². The van der Waals surface area contributed by atoms with Crippen LogP contribution in [0.15, 0.2) is 18.3 Å². The lowest BCUT2D eigenvalue weighted by molar-refractivity contribution is -0.121. The minimum Gasteiger partial charge on any atom is -0.489 e. The van der Waals surface area contributed by atoms with Crippen LogP contribution in [0, 0.1) is 0 Å². The number of Topliss-reactive ketones (excluding diaryl/α,β-unsaturated/α-hetero) is 1. The maximum atomic E-state index is 11.2. The van der Waals surface area contributed by atoms with Crippen molar-refractivity contribution in [2.24, 2.45) is 0 Å². The maximum absolute atomic E-state index is 11.2. The molecule has 19 heavy (non-hydrogen) atoms. The van der Waals surface area contributed by atoms with E-state index in [1.54, 1.807) is 0 Å². The monoisotopic (exact) mass is 277 g/mol. The standard InChI is InChI=1S/C15H16ClNO2/c16-14-7-11-9-17-6-5-10(11)8-15(14)19-13-3-1-12(18)2-4-13/h5-8,13,17H,1-4,9H2. The van der Waals surface area contributed by atoms with Gasteiger partial charge in [0.1, 0.15) is 11.5 Å². The van der Waals surface area contributed by atoms with Crippen molar-refractivity contribution in [3.05, 3.63) is 34.5 Å². The summed E-state index contributed by atoms with van der Waals surface area (Å²) in [6, 6.07) is 3.95. The fourth-order valence-electron chi connectivity index (χ4n) is 2.54. The second-order valence-corrected chi connectivity index (χ2v) is 5.46. The summed E-state index contributed by atoms with van der Waals surface area (Å²) in [4.78, 5) is 11.2. The molecule has 4 heteroatoms. The third-order valence-electron chi connectivity index (χ3n) is 3.65. The van der Waals surface area contributed by atoms with Crippen LogP contribution in [0.5, 0.6) is 5.75 Å². The van der Waals surface area contributed by atoms with Crippen molar-refractivity contribution >= 4 is 23.5 Å². The predicted octanol–water partition coefficient (Wildman–Crippen LogP) is 3.30. The lowest BCUT2D eigenvalue weighted by Gasteiger charge is -2.24. The van der Waals surface area contributed by atoms with Crippen LogP contribution in [0.1, 0.15) is 36.8 Å². The van der Waals surface area contributed by atoms with E-state index in [4.69, 9.17) is 16.3 Å². The Kier molecular flexibility index (Phi) is 3.47. The average molecular weight is 278 g/mol. The van der Waals surface area contributed by atoms with Gasteiger partial charge in [-0.1, -0.05) is 11.6 Å². The molecule has 1 aromatic carbocycles. The zero-order valence-corrected chi connectivity index (χ0v) is 11.4. The second-order valence-electron chi connectivity index (χ2n) is 5.05. The van der Waals surface area contributed by atoms with Crippen molar-refractivity contribution in [2.75, 3.05) is 0 Å². The Morgan fingerprint density at radius 2 is 2.05 bits per heavy atom. The van der Waals surface area contributed by atoms with Gasteiger partial charge in [0.25, 0.3) is 0 Å². The van der Waals surface area contributed by atoms with E-state index in [0.29, 0.717) is 23.6 Å². The molecular weight excluding hydrogens is 262 g/mol. The normalized spacial score (nSPS) is 18.9. The molecule has 3 rings (SSSR count). The molecule has 0 radical (unpaired) electrons. The molecule has 3 nitrogen and oxygen atoms in total. The summed E-state index contributed by atoms with van der Waals surface area (Å²) in [5, 5.41) is 3.80. The van der Waals surface area contributed by atoms with E-state index in [0.717, 1.165) is 30.7 Å². The summed E-state index contributed by atoms with van der Waals surface area (Å²) in [5.74, 6) is 1.07. The molecule has 0 atom stereocenters. The Bertz CT molecular complexity index is 529. The van der Waals surface area contributed by atoms with Crippen molar-refractivity contribution in [1.82, 2.24) is 5.32 Å². The topological polar surface area (TPSA) is 38.3 Å². The van der Waals surface area contributed by atoms with E-state index in [1.807, 2.05) is 24.4 Å². The molecule has 1 N–H and O–H groups in total. The number of hydrogen-bond acceptors (Lipinski definition) is 3. The molecule has 1 aliphatic carbocycles. The van der Waals surface area contributed by atoms with Gasteiger partial charge in [0.2, 0.25) is 0 Å². The van der Waals surface area contributed by atoms with Gasteiger partial charge in [-0.05, 0) is 48.4 Å². The summed E-state index contributed by atoms with van der Waals surface area (Å²) in [6.45, 7) is 0.795. The van der Waals surface area contributed by atoms with Crippen LogP contribution in [0.25, 0.3) is 6.08 Å². The fraction of sp³-hybridized carbons (Fsp3) is 0.400. The zero-order chi connectivity index (χ0) is 13.2. The molecule has 0 amide bonds. The molecule has 0 saturated heterocycles. The Labute approximate surface area is 117 Å². The quantitative estimate of drug-likeness (QED) is 0.901. The minimum absolute atomic E-state index is 0.110. The largest absolute Gasteiger partial charge is 0.489 e. The number of halogens is 1. The SMILES string of the molecule is O=C1CCC(Oc2cc3c(cc2Cl)CNC=C3)CC1. The van der Waals surface area contributed by atoms with Crippen LogP contribution in [-0.4, -0.2) is 11.9 Å². The van der Waals surface area contributed by atoms with E-state index < -0.39 is 0 Å². The molecule has 0 bridgehead atoms. The first-order valence-corrected chi connectivity index (χ1v) is 7.01. The number of ether oxygens (including phenoxy) is 1. The van der Waals surface area contributed by atoms with Crippen LogP contribution < -0.4 is 10.1 Å². The van der Waals surface area contributed by atoms with Crippen LogP contribution in [0.3, 0.4) is 0 Å². The number of carbonyl (C=O) groups is 1. The number of carbonyl (C=O) groups excluding carboxylic acids is 1. The van der Waals surface area contributed by atoms with Gasteiger partial charge in [0.05, 0.1) is 11.1 Å². The van der Waals surface area contributed by atoms with Crippen LogP contribution in [0.4, 0.5) is 0 Å². The van der Waals surface area contributed by atoms with E-state index >= 15 is 0 Å². The van der Waals surface area contributed by atoms with Gasteiger partial charge >= 0.3 is 0 Å². The van der Waals surface area contributed by atoms with E-state index in [9.17, 15) is 4.79 Å². The lowest BCUT2D eigenvalue weighted by atomic mass is 9.96. The Morgan fingerprint density at radius 1 is 1.26 bits per heavy atom. The smallest absolute Gasteiger partial charge is 0.138 e. The number of fused-ring (bicyclic) bond motifs is 1. The molecule has 0 spiro atoms. The molecule has 1 saturated carbocycles. The van der Waals surface area contributed by atoms with Gasteiger partial charge in [-0.3, -0.25) is 4.79 Å². The van der Waals surface area contributed by atoms with Crippen molar-refractivity contribution in [3.63, 3.8) is 0 Å². The van der Waals surface area contributed by atoms with E-state index in [-0.39, 0.29) is 6.10 Å². The molecule has 0 unspecified atom stereocenters. The molecule has 0 aromatic heterocycles. The van der Waals surface area contributed by atoms with Gasteiger partial charge in [-0.2, -0.15) is 0 Å². The molecule has 1 fully saturated rings. The summed E-state index contributed by atoms with van der Waals surface area (Å²) in [7, 11) is 0. The summed E-state index contributed by atoms with van der Waals surface area (Å²) in [5.41, 5.74) is 2.32.